The molecule has 0 aromatic heterocycles. The van der Waals surface area contributed by atoms with E-state index in [0.29, 0.717) is 11.3 Å². The third-order valence-electron chi connectivity index (χ3n) is 4.09. The molecule has 0 aliphatic rings. The largest absolute Gasteiger partial charge is 0.471 e. The molecule has 2 rings (SSSR count). The van der Waals surface area contributed by atoms with Crippen LogP contribution in [0.3, 0.4) is 0 Å². The number of benzene rings is 2. The quantitative estimate of drug-likeness (QED) is 0.716. The summed E-state index contributed by atoms with van der Waals surface area (Å²) >= 11 is 0. The van der Waals surface area contributed by atoms with E-state index in [1.54, 1.807) is 17.4 Å². The fourth-order valence-corrected chi connectivity index (χ4v) is 2.35. The van der Waals surface area contributed by atoms with Crippen LogP contribution in [0, 0.1) is 13.8 Å². The van der Waals surface area contributed by atoms with E-state index in [1.165, 1.54) is 24.3 Å². The van der Waals surface area contributed by atoms with Gasteiger partial charge in [-0.3, -0.25) is 14.4 Å². The lowest BCUT2D eigenvalue weighted by Crippen LogP contribution is -2.29. The van der Waals surface area contributed by atoms with E-state index in [1.807, 2.05) is 19.9 Å². The molecule has 2 N–H and O–H groups in total. The number of ketones is 1. The number of halogens is 3. The van der Waals surface area contributed by atoms with Gasteiger partial charge in [0.2, 0.25) is 5.91 Å². The van der Waals surface area contributed by atoms with E-state index >= 15 is 0 Å². The Morgan fingerprint density at radius 3 is 1.93 bits per heavy atom. The van der Waals surface area contributed by atoms with Crippen molar-refractivity contribution in [3.8, 4) is 0 Å². The molecule has 8 heteroatoms. The molecule has 5 nitrogen and oxygen atoms in total. The summed E-state index contributed by atoms with van der Waals surface area (Å²) in [5.74, 6) is -2.62. The first-order valence-corrected chi connectivity index (χ1v) is 8.45. The highest BCUT2D eigenvalue weighted by Gasteiger charge is 2.38. The normalized spacial score (nSPS) is 11.0. The van der Waals surface area contributed by atoms with E-state index in [2.05, 4.69) is 5.32 Å². The number of aryl methyl sites for hydroxylation is 2. The Bertz CT molecular complexity index is 891. The van der Waals surface area contributed by atoms with Crippen molar-refractivity contribution < 1.29 is 27.6 Å². The van der Waals surface area contributed by atoms with Crippen molar-refractivity contribution in [3.05, 3.63) is 59.2 Å². The smallest absolute Gasteiger partial charge is 0.326 e. The van der Waals surface area contributed by atoms with Gasteiger partial charge in [0.25, 0.3) is 0 Å². The summed E-state index contributed by atoms with van der Waals surface area (Å²) in [7, 11) is 0. The van der Waals surface area contributed by atoms with Gasteiger partial charge in [0.15, 0.2) is 5.78 Å². The van der Waals surface area contributed by atoms with Crippen LogP contribution in [0.1, 0.15) is 34.3 Å². The summed E-state index contributed by atoms with van der Waals surface area (Å²) in [4.78, 5) is 35.0. The average Bonchev–Trinajstić information content (AvgIpc) is 2.62. The highest BCUT2D eigenvalue weighted by atomic mass is 19.4. The van der Waals surface area contributed by atoms with Gasteiger partial charge in [0.1, 0.15) is 0 Å². The van der Waals surface area contributed by atoms with Crippen molar-refractivity contribution in [2.45, 2.75) is 32.9 Å². The summed E-state index contributed by atoms with van der Waals surface area (Å²) in [6.07, 6.45) is -4.97. The predicted molar refractivity (Wildman–Crippen MR) is 99.2 cm³/mol. The number of carbonyl (C=O) groups excluding carboxylic acids is 3. The highest BCUT2D eigenvalue weighted by molar-refractivity contribution is 6.00. The lowest BCUT2D eigenvalue weighted by atomic mass is 10.0. The standard InChI is InChI=1S/C20H19F3N2O3/c1-12-3-4-14(11-13(12)2)17(26)9-10-18(27)24-15-5-7-16(8-6-15)25-19(28)20(21,22)23/h3-8,11H,9-10H2,1-2H3,(H,24,27)(H,25,28). The molecule has 0 fully saturated rings. The molecule has 0 unspecified atom stereocenters. The molecule has 0 radical (unpaired) electrons. The molecule has 2 amide bonds. The number of Topliss-reactive ketones (excluding diaryl/α,β-unsaturated/α-hetero) is 1. The van der Waals surface area contributed by atoms with Crippen molar-refractivity contribution in [2.75, 3.05) is 10.6 Å². The molecule has 0 spiro atoms. The zero-order valence-corrected chi connectivity index (χ0v) is 15.3. The Kier molecular flexibility index (Phi) is 6.56. The topological polar surface area (TPSA) is 75.3 Å². The van der Waals surface area contributed by atoms with Crippen LogP contribution in [-0.4, -0.2) is 23.8 Å². The van der Waals surface area contributed by atoms with Gasteiger partial charge >= 0.3 is 12.1 Å². The summed E-state index contributed by atoms with van der Waals surface area (Å²) in [5.41, 5.74) is 2.90. The van der Waals surface area contributed by atoms with Gasteiger partial charge < -0.3 is 10.6 Å². The number of carbonyl (C=O) groups is 3. The number of anilines is 2. The molecule has 28 heavy (non-hydrogen) atoms. The van der Waals surface area contributed by atoms with Crippen molar-refractivity contribution in [1.82, 2.24) is 0 Å². The van der Waals surface area contributed by atoms with Gasteiger partial charge in [0, 0.05) is 29.8 Å². The third kappa shape index (κ3) is 5.94. The van der Waals surface area contributed by atoms with Crippen LogP contribution >= 0.6 is 0 Å². The van der Waals surface area contributed by atoms with E-state index in [4.69, 9.17) is 0 Å². The zero-order chi connectivity index (χ0) is 20.9. The number of hydrogen-bond acceptors (Lipinski definition) is 3. The summed E-state index contributed by atoms with van der Waals surface area (Å²) in [6, 6.07) is 10.5. The molecule has 0 aliphatic carbocycles. The Morgan fingerprint density at radius 2 is 1.39 bits per heavy atom. The number of rotatable bonds is 6. The molecule has 0 saturated heterocycles. The molecule has 2 aromatic carbocycles. The molecule has 0 saturated carbocycles. The first kappa shape index (κ1) is 21.1. The van der Waals surface area contributed by atoms with Gasteiger partial charge in [-0.05, 0) is 55.3 Å². The van der Waals surface area contributed by atoms with Gasteiger partial charge in [-0.2, -0.15) is 13.2 Å². The SMILES string of the molecule is Cc1ccc(C(=O)CCC(=O)Nc2ccc(NC(=O)C(F)(F)F)cc2)cc1C. The average molecular weight is 392 g/mol. The van der Waals surface area contributed by atoms with Crippen LogP contribution in [0.2, 0.25) is 0 Å². The molecule has 148 valence electrons. The summed E-state index contributed by atoms with van der Waals surface area (Å²) in [6.45, 7) is 3.84. The summed E-state index contributed by atoms with van der Waals surface area (Å²) in [5, 5.41) is 4.26. The van der Waals surface area contributed by atoms with E-state index < -0.39 is 18.0 Å². The lowest BCUT2D eigenvalue weighted by molar-refractivity contribution is -0.167. The van der Waals surface area contributed by atoms with Gasteiger partial charge in [0.05, 0.1) is 0 Å². The van der Waals surface area contributed by atoms with Crippen molar-refractivity contribution in [1.29, 1.82) is 0 Å². The minimum Gasteiger partial charge on any atom is -0.326 e. The molecular formula is C20H19F3N2O3. The van der Waals surface area contributed by atoms with Gasteiger partial charge in [-0.25, -0.2) is 0 Å². The molecule has 0 heterocycles. The van der Waals surface area contributed by atoms with Crippen LogP contribution in [-0.2, 0) is 9.59 Å². The minimum absolute atomic E-state index is 0.0294. The minimum atomic E-state index is -4.98. The van der Waals surface area contributed by atoms with Crippen LogP contribution in [0.4, 0.5) is 24.5 Å². The zero-order valence-electron chi connectivity index (χ0n) is 15.3. The number of hydrogen-bond donors (Lipinski definition) is 2. The fraction of sp³-hybridized carbons (Fsp3) is 0.250. The Balaban J connectivity index is 1.86. The van der Waals surface area contributed by atoms with Crippen molar-refractivity contribution in [3.63, 3.8) is 0 Å². The molecule has 0 bridgehead atoms. The Morgan fingerprint density at radius 1 is 0.821 bits per heavy atom. The second-order valence-corrected chi connectivity index (χ2v) is 6.30. The fourth-order valence-electron chi connectivity index (χ4n) is 2.35. The van der Waals surface area contributed by atoms with Crippen LogP contribution in [0.15, 0.2) is 42.5 Å². The third-order valence-corrected chi connectivity index (χ3v) is 4.09. The van der Waals surface area contributed by atoms with E-state index in [-0.39, 0.29) is 24.3 Å². The molecule has 0 aliphatic heterocycles. The Labute approximate surface area is 159 Å². The summed E-state index contributed by atoms with van der Waals surface area (Å²) < 4.78 is 36.6. The van der Waals surface area contributed by atoms with Gasteiger partial charge in [-0.1, -0.05) is 12.1 Å². The van der Waals surface area contributed by atoms with Crippen molar-refractivity contribution in [2.24, 2.45) is 0 Å². The molecule has 2 aromatic rings. The first-order valence-electron chi connectivity index (χ1n) is 8.45. The van der Waals surface area contributed by atoms with Gasteiger partial charge in [-0.15, -0.1) is 0 Å². The van der Waals surface area contributed by atoms with Crippen LogP contribution in [0.5, 0.6) is 0 Å². The van der Waals surface area contributed by atoms with Crippen LogP contribution in [0.25, 0.3) is 0 Å². The molecule has 0 atom stereocenters. The molecular weight excluding hydrogens is 373 g/mol. The predicted octanol–water partition coefficient (Wildman–Crippen LogP) is 4.41. The first-order chi connectivity index (χ1) is 13.1. The van der Waals surface area contributed by atoms with Crippen molar-refractivity contribution >= 4 is 29.0 Å². The second kappa shape index (κ2) is 8.69. The van der Waals surface area contributed by atoms with E-state index in [0.717, 1.165) is 11.1 Å². The number of amides is 2. The maximum Gasteiger partial charge on any atom is 0.471 e. The number of nitrogens with one attached hydrogen (secondary N) is 2. The highest BCUT2D eigenvalue weighted by Crippen LogP contribution is 2.20. The van der Waals surface area contributed by atoms with Crippen LogP contribution < -0.4 is 10.6 Å². The monoisotopic (exact) mass is 392 g/mol. The Hall–Kier alpha value is -3.16. The lowest BCUT2D eigenvalue weighted by Gasteiger charge is -2.09. The number of alkyl halides is 3. The maximum absolute atomic E-state index is 12.2. The maximum atomic E-state index is 12.2. The second-order valence-electron chi connectivity index (χ2n) is 6.30. The van der Waals surface area contributed by atoms with E-state index in [9.17, 15) is 27.6 Å².